The van der Waals surface area contributed by atoms with Gasteiger partial charge in [-0.2, -0.15) is 0 Å². The number of hydrogen-bond acceptors (Lipinski definition) is 5. The standard InChI is InChI=1S/C19H21NO4S2/c1-13-11-17(23-3)19(12-14(13)2)26(21,22)20-9-8-15-6-7-18(25-15)16-5-4-10-24-16/h4-7,10-12,20H,8-9H2,1-3H3. The summed E-state index contributed by atoms with van der Waals surface area (Å²) in [4.78, 5) is 2.29. The summed E-state index contributed by atoms with van der Waals surface area (Å²) in [6.45, 7) is 4.13. The van der Waals surface area contributed by atoms with Gasteiger partial charge >= 0.3 is 0 Å². The first-order valence-corrected chi connectivity index (χ1v) is 10.5. The van der Waals surface area contributed by atoms with Crippen LogP contribution in [0.15, 0.2) is 52.0 Å². The average Bonchev–Trinajstić information content (AvgIpc) is 3.27. The van der Waals surface area contributed by atoms with E-state index in [9.17, 15) is 8.42 Å². The Bertz CT molecular complexity index is 989. The van der Waals surface area contributed by atoms with E-state index in [0.717, 1.165) is 26.6 Å². The first-order chi connectivity index (χ1) is 12.4. The summed E-state index contributed by atoms with van der Waals surface area (Å²) >= 11 is 1.60. The van der Waals surface area contributed by atoms with Gasteiger partial charge < -0.3 is 9.15 Å². The van der Waals surface area contributed by atoms with Gasteiger partial charge in [-0.3, -0.25) is 0 Å². The number of sulfonamides is 1. The van der Waals surface area contributed by atoms with Crippen LogP contribution in [-0.2, 0) is 16.4 Å². The largest absolute Gasteiger partial charge is 0.495 e. The number of benzene rings is 1. The molecule has 138 valence electrons. The van der Waals surface area contributed by atoms with E-state index in [1.165, 1.54) is 7.11 Å². The molecule has 0 aliphatic heterocycles. The smallest absolute Gasteiger partial charge is 0.244 e. The van der Waals surface area contributed by atoms with E-state index in [0.29, 0.717) is 18.7 Å². The number of ether oxygens (including phenoxy) is 1. The maximum Gasteiger partial charge on any atom is 0.244 e. The molecule has 2 heterocycles. The fraction of sp³-hybridized carbons (Fsp3) is 0.263. The molecule has 0 unspecified atom stereocenters. The average molecular weight is 392 g/mol. The number of hydrogen-bond donors (Lipinski definition) is 1. The summed E-state index contributed by atoms with van der Waals surface area (Å²) in [5.74, 6) is 1.18. The van der Waals surface area contributed by atoms with Gasteiger partial charge in [0.15, 0.2) is 0 Å². The summed E-state index contributed by atoms with van der Waals surface area (Å²) < 4.78 is 38.6. The van der Waals surface area contributed by atoms with Gasteiger partial charge in [0, 0.05) is 11.4 Å². The highest BCUT2D eigenvalue weighted by Crippen LogP contribution is 2.29. The van der Waals surface area contributed by atoms with Gasteiger partial charge in [0.1, 0.15) is 16.4 Å². The minimum atomic E-state index is -3.64. The van der Waals surface area contributed by atoms with Crippen molar-refractivity contribution < 1.29 is 17.6 Å². The molecule has 0 amide bonds. The molecule has 7 heteroatoms. The lowest BCUT2D eigenvalue weighted by Gasteiger charge is -2.13. The van der Waals surface area contributed by atoms with Crippen LogP contribution >= 0.6 is 11.3 Å². The second kappa shape index (κ2) is 7.65. The Hall–Kier alpha value is -2.09. The highest BCUT2D eigenvalue weighted by Gasteiger charge is 2.20. The minimum Gasteiger partial charge on any atom is -0.495 e. The van der Waals surface area contributed by atoms with E-state index >= 15 is 0 Å². The molecule has 0 bridgehead atoms. The highest BCUT2D eigenvalue weighted by molar-refractivity contribution is 7.89. The van der Waals surface area contributed by atoms with Gasteiger partial charge in [-0.15, -0.1) is 11.3 Å². The number of nitrogens with one attached hydrogen (secondary N) is 1. The van der Waals surface area contributed by atoms with Crippen molar-refractivity contribution in [2.45, 2.75) is 25.2 Å². The third-order valence-electron chi connectivity index (χ3n) is 4.16. The lowest BCUT2D eigenvalue weighted by atomic mass is 10.1. The first kappa shape index (κ1) is 18.7. The zero-order chi connectivity index (χ0) is 18.7. The summed E-state index contributed by atoms with van der Waals surface area (Å²) in [7, 11) is -2.16. The monoisotopic (exact) mass is 391 g/mol. The molecule has 5 nitrogen and oxygen atoms in total. The number of methoxy groups -OCH3 is 1. The molecule has 0 aliphatic rings. The molecule has 0 saturated carbocycles. The van der Waals surface area contributed by atoms with Gasteiger partial charge in [0.2, 0.25) is 10.0 Å². The Morgan fingerprint density at radius 2 is 1.92 bits per heavy atom. The molecule has 0 fully saturated rings. The molecule has 3 aromatic rings. The molecule has 2 aromatic heterocycles. The van der Waals surface area contributed by atoms with Crippen molar-refractivity contribution in [3.8, 4) is 16.4 Å². The van der Waals surface area contributed by atoms with Crippen LogP contribution in [0.2, 0.25) is 0 Å². The Labute approximate surface area is 157 Å². The topological polar surface area (TPSA) is 68.5 Å². The molecule has 0 radical (unpaired) electrons. The van der Waals surface area contributed by atoms with Crippen LogP contribution in [0.4, 0.5) is 0 Å². The SMILES string of the molecule is COc1cc(C)c(C)cc1S(=O)(=O)NCCc1ccc(-c2ccco2)s1. The zero-order valence-corrected chi connectivity index (χ0v) is 16.5. The molecule has 26 heavy (non-hydrogen) atoms. The van der Waals surface area contributed by atoms with Crippen molar-refractivity contribution in [2.24, 2.45) is 0 Å². The van der Waals surface area contributed by atoms with E-state index in [1.807, 2.05) is 38.1 Å². The maximum atomic E-state index is 12.7. The molecule has 0 spiro atoms. The van der Waals surface area contributed by atoms with E-state index in [4.69, 9.17) is 9.15 Å². The number of rotatable bonds is 7. The van der Waals surface area contributed by atoms with E-state index in [2.05, 4.69) is 4.72 Å². The van der Waals surface area contributed by atoms with Gasteiger partial charge in [0.05, 0.1) is 18.3 Å². The quantitative estimate of drug-likeness (QED) is 0.657. The number of furan rings is 1. The zero-order valence-electron chi connectivity index (χ0n) is 14.9. The van der Waals surface area contributed by atoms with Crippen molar-refractivity contribution >= 4 is 21.4 Å². The predicted octanol–water partition coefficient (Wildman–Crippen LogP) is 4.15. The van der Waals surface area contributed by atoms with Crippen LogP contribution in [0.5, 0.6) is 5.75 Å². The van der Waals surface area contributed by atoms with E-state index < -0.39 is 10.0 Å². The van der Waals surface area contributed by atoms with Crippen LogP contribution in [-0.4, -0.2) is 22.1 Å². The predicted molar refractivity (Wildman–Crippen MR) is 103 cm³/mol. The normalized spacial score (nSPS) is 11.7. The van der Waals surface area contributed by atoms with Gasteiger partial charge in [-0.05, 0) is 67.8 Å². The fourth-order valence-corrected chi connectivity index (χ4v) is 4.82. The molecule has 1 aromatic carbocycles. The maximum absolute atomic E-state index is 12.7. The minimum absolute atomic E-state index is 0.172. The van der Waals surface area contributed by atoms with Crippen LogP contribution in [0.25, 0.3) is 10.6 Å². The second-order valence-electron chi connectivity index (χ2n) is 5.98. The Morgan fingerprint density at radius 3 is 2.62 bits per heavy atom. The Morgan fingerprint density at radius 1 is 1.15 bits per heavy atom. The summed E-state index contributed by atoms with van der Waals surface area (Å²) in [6.07, 6.45) is 2.25. The van der Waals surface area contributed by atoms with E-state index in [-0.39, 0.29) is 4.90 Å². The summed E-state index contributed by atoms with van der Waals surface area (Å²) in [5.41, 5.74) is 1.90. The number of thiophene rings is 1. The van der Waals surface area contributed by atoms with Crippen LogP contribution in [0, 0.1) is 13.8 Å². The van der Waals surface area contributed by atoms with Crippen molar-refractivity contribution in [2.75, 3.05) is 13.7 Å². The highest BCUT2D eigenvalue weighted by atomic mass is 32.2. The van der Waals surface area contributed by atoms with Gasteiger partial charge in [-0.1, -0.05) is 0 Å². The molecular formula is C19H21NO4S2. The molecule has 3 rings (SSSR count). The fourth-order valence-electron chi connectivity index (χ4n) is 2.58. The molecule has 0 saturated heterocycles. The van der Waals surface area contributed by atoms with E-state index in [1.54, 1.807) is 29.7 Å². The third-order valence-corrected chi connectivity index (χ3v) is 6.80. The van der Waals surface area contributed by atoms with Gasteiger partial charge in [0.25, 0.3) is 0 Å². The lowest BCUT2D eigenvalue weighted by Crippen LogP contribution is -2.26. The summed E-state index contributed by atoms with van der Waals surface area (Å²) in [5, 5.41) is 0. The second-order valence-corrected chi connectivity index (χ2v) is 8.88. The molecule has 0 aliphatic carbocycles. The van der Waals surface area contributed by atoms with Crippen molar-refractivity contribution in [1.29, 1.82) is 0 Å². The third kappa shape index (κ3) is 4.00. The lowest BCUT2D eigenvalue weighted by molar-refractivity contribution is 0.402. The summed E-state index contributed by atoms with van der Waals surface area (Å²) in [6, 6.07) is 11.1. The Kier molecular flexibility index (Phi) is 5.50. The van der Waals surface area contributed by atoms with Crippen LogP contribution in [0.3, 0.4) is 0 Å². The van der Waals surface area contributed by atoms with Crippen LogP contribution < -0.4 is 9.46 Å². The Balaban J connectivity index is 1.69. The van der Waals surface area contributed by atoms with Crippen molar-refractivity contribution in [3.63, 3.8) is 0 Å². The molecule has 1 N–H and O–H groups in total. The first-order valence-electron chi connectivity index (χ1n) is 8.18. The molecular weight excluding hydrogens is 370 g/mol. The number of aryl methyl sites for hydroxylation is 2. The van der Waals surface area contributed by atoms with Gasteiger partial charge in [-0.25, -0.2) is 13.1 Å². The van der Waals surface area contributed by atoms with Crippen molar-refractivity contribution in [3.05, 3.63) is 58.7 Å². The molecule has 0 atom stereocenters. The van der Waals surface area contributed by atoms with Crippen LogP contribution in [0.1, 0.15) is 16.0 Å². The van der Waals surface area contributed by atoms with Crippen molar-refractivity contribution in [1.82, 2.24) is 4.72 Å².